The van der Waals surface area contributed by atoms with Crippen molar-refractivity contribution in [2.24, 2.45) is 5.73 Å². The zero-order valence-corrected chi connectivity index (χ0v) is 20.2. The zero-order valence-electron chi connectivity index (χ0n) is 19.4. The molecule has 0 aliphatic heterocycles. The highest BCUT2D eigenvalue weighted by atomic mass is 32.2. The van der Waals surface area contributed by atoms with Gasteiger partial charge in [-0.2, -0.15) is 11.8 Å². The number of carboxylic acids is 3. The van der Waals surface area contributed by atoms with Crippen molar-refractivity contribution in [1.82, 2.24) is 25.9 Å². The van der Waals surface area contributed by atoms with Crippen molar-refractivity contribution in [2.75, 3.05) is 12.0 Å². The number of rotatable bonds is 17. The number of H-pyrrole nitrogens is 1. The Morgan fingerprint density at radius 1 is 0.944 bits per heavy atom. The Morgan fingerprint density at radius 2 is 1.56 bits per heavy atom. The fraction of sp³-hybridized carbons (Fsp3) is 0.550. The van der Waals surface area contributed by atoms with Crippen LogP contribution in [0.5, 0.6) is 0 Å². The second-order valence-corrected chi connectivity index (χ2v) is 8.71. The second kappa shape index (κ2) is 15.4. The third kappa shape index (κ3) is 11.2. The normalized spacial score (nSPS) is 14.1. The minimum Gasteiger partial charge on any atom is -0.481 e. The van der Waals surface area contributed by atoms with Gasteiger partial charge in [0.2, 0.25) is 17.7 Å². The van der Waals surface area contributed by atoms with Gasteiger partial charge in [-0.1, -0.05) is 0 Å². The predicted molar refractivity (Wildman–Crippen MR) is 126 cm³/mol. The Hall–Kier alpha value is -3.66. The predicted octanol–water partition coefficient (Wildman–Crippen LogP) is -2.09. The Kier molecular flexibility index (Phi) is 13.0. The molecule has 16 heteroatoms. The summed E-state index contributed by atoms with van der Waals surface area (Å²) in [6.07, 6.45) is 2.82. The molecule has 0 radical (unpaired) electrons. The van der Waals surface area contributed by atoms with Crippen molar-refractivity contribution < 1.29 is 44.1 Å². The molecule has 1 rings (SSSR count). The van der Waals surface area contributed by atoms with Crippen LogP contribution < -0.4 is 21.7 Å². The van der Waals surface area contributed by atoms with Gasteiger partial charge in [0.05, 0.1) is 18.8 Å². The fourth-order valence-electron chi connectivity index (χ4n) is 2.93. The monoisotopic (exact) mass is 530 g/mol. The van der Waals surface area contributed by atoms with E-state index in [9.17, 15) is 39.0 Å². The Bertz CT molecular complexity index is 927. The summed E-state index contributed by atoms with van der Waals surface area (Å²) in [4.78, 5) is 78.2. The molecule has 0 spiro atoms. The van der Waals surface area contributed by atoms with Crippen LogP contribution in [0.2, 0.25) is 0 Å². The first-order chi connectivity index (χ1) is 16.9. The molecular weight excluding hydrogens is 500 g/mol. The van der Waals surface area contributed by atoms with Gasteiger partial charge >= 0.3 is 17.9 Å². The Balaban J connectivity index is 3.05. The highest BCUT2D eigenvalue weighted by Gasteiger charge is 2.32. The third-order valence-corrected chi connectivity index (χ3v) is 5.50. The average molecular weight is 531 g/mol. The number of aliphatic carboxylic acids is 3. The van der Waals surface area contributed by atoms with Gasteiger partial charge in [-0.05, 0) is 24.9 Å². The molecule has 0 aromatic carbocycles. The molecule has 0 saturated heterocycles. The zero-order chi connectivity index (χ0) is 27.3. The largest absolute Gasteiger partial charge is 0.481 e. The van der Waals surface area contributed by atoms with Crippen LogP contribution in [0.4, 0.5) is 0 Å². The van der Waals surface area contributed by atoms with Crippen LogP contribution in [0.25, 0.3) is 0 Å². The topological polar surface area (TPSA) is 254 Å². The van der Waals surface area contributed by atoms with Gasteiger partial charge < -0.3 is 42.0 Å². The average Bonchev–Trinajstić information content (AvgIpc) is 3.31. The number of aromatic amines is 1. The summed E-state index contributed by atoms with van der Waals surface area (Å²) in [5.41, 5.74) is 6.16. The molecule has 4 unspecified atom stereocenters. The van der Waals surface area contributed by atoms with Gasteiger partial charge in [0.1, 0.15) is 18.1 Å². The molecule has 3 amide bonds. The van der Waals surface area contributed by atoms with Gasteiger partial charge in [0, 0.05) is 24.7 Å². The molecule has 36 heavy (non-hydrogen) atoms. The van der Waals surface area contributed by atoms with E-state index in [-0.39, 0.29) is 12.8 Å². The van der Waals surface area contributed by atoms with E-state index in [0.717, 1.165) is 0 Å². The van der Waals surface area contributed by atoms with Crippen molar-refractivity contribution in [2.45, 2.75) is 56.3 Å². The van der Waals surface area contributed by atoms with Crippen molar-refractivity contribution >= 4 is 47.4 Å². The smallest absolute Gasteiger partial charge is 0.326 e. The first-order valence-corrected chi connectivity index (χ1v) is 12.1. The molecule has 1 aromatic heterocycles. The number of nitrogens with one attached hydrogen (secondary N) is 4. The number of nitrogens with zero attached hydrogens (tertiary/aromatic N) is 1. The van der Waals surface area contributed by atoms with Crippen molar-refractivity contribution in [3.63, 3.8) is 0 Å². The Morgan fingerprint density at radius 3 is 2.08 bits per heavy atom. The third-order valence-electron chi connectivity index (χ3n) is 4.85. The fourth-order valence-corrected chi connectivity index (χ4v) is 3.42. The van der Waals surface area contributed by atoms with E-state index < -0.39 is 79.1 Å². The van der Waals surface area contributed by atoms with Crippen molar-refractivity contribution in [3.8, 4) is 0 Å². The number of carboxylic acid groups (broad SMARTS) is 3. The van der Waals surface area contributed by atoms with Gasteiger partial charge in [-0.15, -0.1) is 0 Å². The van der Waals surface area contributed by atoms with E-state index in [2.05, 4.69) is 25.9 Å². The van der Waals surface area contributed by atoms with Crippen molar-refractivity contribution in [3.05, 3.63) is 18.2 Å². The van der Waals surface area contributed by atoms with Crippen LogP contribution in [-0.2, 0) is 35.2 Å². The molecule has 4 atom stereocenters. The highest BCUT2D eigenvalue weighted by molar-refractivity contribution is 7.98. The maximum absolute atomic E-state index is 12.9. The van der Waals surface area contributed by atoms with Crippen LogP contribution in [0, 0.1) is 0 Å². The number of carbonyl (C=O) groups is 6. The lowest BCUT2D eigenvalue weighted by Crippen LogP contribution is -2.58. The molecular formula is C20H30N6O9S. The molecule has 0 aliphatic carbocycles. The maximum Gasteiger partial charge on any atom is 0.326 e. The molecule has 200 valence electrons. The number of hydrogen-bond donors (Lipinski definition) is 8. The van der Waals surface area contributed by atoms with Gasteiger partial charge in [-0.25, -0.2) is 9.78 Å². The lowest BCUT2D eigenvalue weighted by molar-refractivity contribution is -0.144. The van der Waals surface area contributed by atoms with Crippen LogP contribution in [0.15, 0.2) is 12.5 Å². The molecule has 1 aromatic rings. The van der Waals surface area contributed by atoms with E-state index in [1.165, 1.54) is 24.3 Å². The summed E-state index contributed by atoms with van der Waals surface area (Å²) >= 11 is 1.45. The molecule has 0 bridgehead atoms. The lowest BCUT2D eigenvalue weighted by atomic mass is 10.1. The van der Waals surface area contributed by atoms with E-state index in [1.54, 1.807) is 0 Å². The number of thioether (sulfide) groups is 1. The summed E-state index contributed by atoms with van der Waals surface area (Å²) in [5.74, 6) is -6.31. The number of carbonyl (C=O) groups excluding carboxylic acids is 3. The van der Waals surface area contributed by atoms with Gasteiger partial charge in [-0.3, -0.25) is 24.0 Å². The van der Waals surface area contributed by atoms with E-state index in [1.807, 2.05) is 6.26 Å². The minimum absolute atomic E-state index is 0.191. The molecule has 9 N–H and O–H groups in total. The number of imidazole rings is 1. The molecule has 0 saturated carbocycles. The molecule has 0 fully saturated rings. The molecule has 0 aliphatic rings. The van der Waals surface area contributed by atoms with Crippen LogP contribution >= 0.6 is 11.8 Å². The number of aromatic nitrogens is 2. The highest BCUT2D eigenvalue weighted by Crippen LogP contribution is 2.05. The van der Waals surface area contributed by atoms with Crippen LogP contribution in [-0.4, -0.2) is 97.1 Å². The van der Waals surface area contributed by atoms with Crippen LogP contribution in [0.3, 0.4) is 0 Å². The first kappa shape index (κ1) is 30.4. The standard InChI is InChI=1S/C20H30N6O9S/c1-36-5-4-11(21)17(31)25-14(7-16(29)30)19(33)26-13(6-10-8-22-9-23-10)18(32)24-12(20(34)35)2-3-15(27)28/h8-9,11-14H,2-7,21H2,1H3,(H,22,23)(H,24,32)(H,25,31)(H,26,33)(H,27,28)(H,29,30)(H,34,35). The minimum atomic E-state index is -1.57. The molecule has 1 heterocycles. The molecule has 15 nitrogen and oxygen atoms in total. The summed E-state index contributed by atoms with van der Waals surface area (Å²) in [6, 6.07) is -5.53. The summed E-state index contributed by atoms with van der Waals surface area (Å²) in [6.45, 7) is 0. The Labute approximate surface area is 210 Å². The summed E-state index contributed by atoms with van der Waals surface area (Å²) < 4.78 is 0. The maximum atomic E-state index is 12.9. The first-order valence-electron chi connectivity index (χ1n) is 10.7. The summed E-state index contributed by atoms with van der Waals surface area (Å²) in [5, 5.41) is 34.1. The van der Waals surface area contributed by atoms with E-state index >= 15 is 0 Å². The van der Waals surface area contributed by atoms with E-state index in [0.29, 0.717) is 11.4 Å². The number of amides is 3. The summed E-state index contributed by atoms with van der Waals surface area (Å²) in [7, 11) is 0. The SMILES string of the molecule is CSCCC(N)C(=O)NC(CC(=O)O)C(=O)NC(Cc1cnc[nH]1)C(=O)NC(CCC(=O)O)C(=O)O. The quantitative estimate of drug-likeness (QED) is 0.108. The van der Waals surface area contributed by atoms with Crippen molar-refractivity contribution in [1.29, 1.82) is 0 Å². The lowest BCUT2D eigenvalue weighted by Gasteiger charge is -2.24. The van der Waals surface area contributed by atoms with Crippen LogP contribution in [0.1, 0.15) is 31.4 Å². The van der Waals surface area contributed by atoms with Gasteiger partial charge in [0.15, 0.2) is 0 Å². The second-order valence-electron chi connectivity index (χ2n) is 7.72. The van der Waals surface area contributed by atoms with E-state index in [4.69, 9.17) is 10.8 Å². The van der Waals surface area contributed by atoms with Gasteiger partial charge in [0.25, 0.3) is 0 Å². The number of hydrogen-bond acceptors (Lipinski definition) is 9. The number of nitrogens with two attached hydrogens (primary N) is 1.